The molecule has 1 heterocycles. The van der Waals surface area contributed by atoms with E-state index < -0.39 is 20.7 Å². The van der Waals surface area contributed by atoms with Gasteiger partial charge < -0.3 is 11.1 Å². The predicted molar refractivity (Wildman–Crippen MR) is 81.3 cm³/mol. The van der Waals surface area contributed by atoms with E-state index in [1.165, 1.54) is 12.1 Å². The van der Waals surface area contributed by atoms with Crippen LogP contribution in [-0.2, 0) is 9.84 Å². The van der Waals surface area contributed by atoms with Gasteiger partial charge >= 0.3 is 0 Å². The van der Waals surface area contributed by atoms with Crippen molar-refractivity contribution in [1.82, 2.24) is 5.32 Å². The van der Waals surface area contributed by atoms with E-state index in [1.807, 2.05) is 0 Å². The van der Waals surface area contributed by atoms with Crippen LogP contribution >= 0.6 is 0 Å². The largest absolute Gasteiger partial charge is 0.393 e. The van der Waals surface area contributed by atoms with Gasteiger partial charge in [-0.15, -0.1) is 0 Å². The molecule has 1 atom stereocenters. The van der Waals surface area contributed by atoms with Crippen molar-refractivity contribution >= 4 is 27.1 Å². The maximum Gasteiger partial charge on any atom is 0.293 e. The molecule has 1 unspecified atom stereocenters. The first-order valence-electron chi connectivity index (χ1n) is 6.73. The number of sulfone groups is 1. The summed E-state index contributed by atoms with van der Waals surface area (Å²) >= 11 is 0. The highest BCUT2D eigenvalue weighted by Crippen LogP contribution is 2.27. The van der Waals surface area contributed by atoms with Gasteiger partial charge in [-0.2, -0.15) is 0 Å². The molecule has 120 valence electrons. The number of anilines is 1. The molecule has 0 spiro atoms. The summed E-state index contributed by atoms with van der Waals surface area (Å²) in [6.45, 7) is 1.84. The molecule has 22 heavy (non-hydrogen) atoms. The fourth-order valence-electron chi connectivity index (χ4n) is 2.48. The number of nitrogens with two attached hydrogens (primary N) is 1. The van der Waals surface area contributed by atoms with E-state index >= 15 is 0 Å². The third kappa shape index (κ3) is 3.53. The number of nitro groups is 1. The third-order valence-corrected chi connectivity index (χ3v) is 5.46. The summed E-state index contributed by atoms with van der Waals surface area (Å²) in [5.74, 6) is -0.481. The minimum absolute atomic E-state index is 0.0348. The molecule has 0 bridgehead atoms. The quantitative estimate of drug-likeness (QED) is 0.474. The summed E-state index contributed by atoms with van der Waals surface area (Å²) < 4.78 is 22.7. The fourth-order valence-corrected chi connectivity index (χ4v) is 4.34. The van der Waals surface area contributed by atoms with Crippen molar-refractivity contribution in [2.24, 2.45) is 5.92 Å². The highest BCUT2D eigenvalue weighted by atomic mass is 32.2. The van der Waals surface area contributed by atoms with Crippen LogP contribution < -0.4 is 11.1 Å². The van der Waals surface area contributed by atoms with Gasteiger partial charge in [0.05, 0.1) is 22.0 Å². The number of nitro benzene ring substituents is 1. The topological polar surface area (TPSA) is 132 Å². The van der Waals surface area contributed by atoms with Crippen molar-refractivity contribution in [3.05, 3.63) is 33.4 Å². The Labute approximate surface area is 127 Å². The highest BCUT2D eigenvalue weighted by molar-refractivity contribution is 7.91. The zero-order chi connectivity index (χ0) is 16.5. The third-order valence-electron chi connectivity index (χ3n) is 3.62. The van der Waals surface area contributed by atoms with Gasteiger partial charge in [-0.1, -0.05) is 0 Å². The van der Waals surface area contributed by atoms with Crippen molar-refractivity contribution in [2.75, 3.05) is 23.8 Å². The number of nitrogen functional groups attached to an aromatic ring is 1. The molecule has 1 fully saturated rings. The molecule has 1 aromatic carbocycles. The normalized spacial score (nSPS) is 19.8. The number of carbonyl (C=O) groups excluding carboxylic acids is 1. The maximum absolute atomic E-state index is 12.1. The Balaban J connectivity index is 2.12. The fraction of sp³-hybridized carbons (Fsp3) is 0.462. The van der Waals surface area contributed by atoms with Gasteiger partial charge in [-0.25, -0.2) is 8.42 Å². The molecule has 2 rings (SSSR count). The van der Waals surface area contributed by atoms with Gasteiger partial charge in [0.1, 0.15) is 5.69 Å². The number of nitrogens with one attached hydrogen (secondary N) is 1. The molecule has 9 heteroatoms. The molecule has 0 aromatic heterocycles. The number of rotatable bonds is 4. The van der Waals surface area contributed by atoms with E-state index in [2.05, 4.69) is 5.32 Å². The lowest BCUT2D eigenvalue weighted by molar-refractivity contribution is -0.384. The molecular formula is C13H17N3O5S. The van der Waals surface area contributed by atoms with Crippen LogP contribution in [0.5, 0.6) is 0 Å². The molecular weight excluding hydrogens is 310 g/mol. The second-order valence-corrected chi connectivity index (χ2v) is 7.71. The van der Waals surface area contributed by atoms with Crippen LogP contribution in [0.2, 0.25) is 0 Å². The second kappa shape index (κ2) is 5.91. The molecule has 1 amide bonds. The summed E-state index contributed by atoms with van der Waals surface area (Å²) in [6.07, 6.45) is 0.506. The van der Waals surface area contributed by atoms with E-state index in [0.717, 1.165) is 0 Å². The van der Waals surface area contributed by atoms with E-state index in [0.29, 0.717) is 12.0 Å². The number of nitrogens with zero attached hydrogens (tertiary/aromatic N) is 1. The van der Waals surface area contributed by atoms with Crippen molar-refractivity contribution in [3.8, 4) is 0 Å². The van der Waals surface area contributed by atoms with Crippen LogP contribution in [0.15, 0.2) is 12.1 Å². The molecule has 1 aliphatic heterocycles. The van der Waals surface area contributed by atoms with Crippen molar-refractivity contribution in [3.63, 3.8) is 0 Å². The summed E-state index contributed by atoms with van der Waals surface area (Å²) in [5, 5.41) is 13.5. The Morgan fingerprint density at radius 2 is 2.18 bits per heavy atom. The average Bonchev–Trinajstić information content (AvgIpc) is 2.77. The van der Waals surface area contributed by atoms with Crippen molar-refractivity contribution < 1.29 is 18.1 Å². The summed E-state index contributed by atoms with van der Waals surface area (Å²) in [5.41, 5.74) is 5.77. The Morgan fingerprint density at radius 3 is 2.73 bits per heavy atom. The van der Waals surface area contributed by atoms with Crippen molar-refractivity contribution in [1.29, 1.82) is 0 Å². The second-order valence-electron chi connectivity index (χ2n) is 5.48. The molecule has 1 saturated heterocycles. The average molecular weight is 327 g/mol. The standard InChI is InChI=1S/C13H17N3O5S/c1-8-4-10(12(14)11(5-8)16(18)19)13(17)15-6-9-2-3-22(20,21)7-9/h4-5,9H,2-3,6-7,14H2,1H3,(H,15,17). The first-order chi connectivity index (χ1) is 10.2. The smallest absolute Gasteiger partial charge is 0.293 e. The van der Waals surface area contributed by atoms with Gasteiger partial charge in [0.25, 0.3) is 11.6 Å². The first kappa shape index (κ1) is 16.2. The number of amides is 1. The lowest BCUT2D eigenvalue weighted by Gasteiger charge is -2.11. The van der Waals surface area contributed by atoms with Crippen LogP contribution in [-0.4, -0.2) is 37.3 Å². The van der Waals surface area contributed by atoms with Gasteiger partial charge in [-0.3, -0.25) is 14.9 Å². The molecule has 0 aliphatic carbocycles. The summed E-state index contributed by atoms with van der Waals surface area (Å²) in [7, 11) is -3.01. The monoisotopic (exact) mass is 327 g/mol. The van der Waals surface area contributed by atoms with Crippen LogP contribution in [0, 0.1) is 23.0 Å². The molecule has 0 radical (unpaired) electrons. The Morgan fingerprint density at radius 1 is 1.50 bits per heavy atom. The summed E-state index contributed by atoms with van der Waals surface area (Å²) in [6, 6.07) is 2.78. The molecule has 0 saturated carbocycles. The van der Waals surface area contributed by atoms with Crippen molar-refractivity contribution in [2.45, 2.75) is 13.3 Å². The van der Waals surface area contributed by atoms with Gasteiger partial charge in [-0.05, 0) is 30.9 Å². The van der Waals surface area contributed by atoms with Crippen LogP contribution in [0.1, 0.15) is 22.3 Å². The molecule has 3 N–H and O–H groups in total. The molecule has 1 aliphatic rings. The van der Waals surface area contributed by atoms with Gasteiger partial charge in [0.15, 0.2) is 9.84 Å². The zero-order valence-corrected chi connectivity index (χ0v) is 12.9. The lowest BCUT2D eigenvalue weighted by atomic mass is 10.1. The van der Waals surface area contributed by atoms with Crippen LogP contribution in [0.3, 0.4) is 0 Å². The molecule has 1 aromatic rings. The molecule has 8 nitrogen and oxygen atoms in total. The highest BCUT2D eigenvalue weighted by Gasteiger charge is 2.28. The first-order valence-corrected chi connectivity index (χ1v) is 8.55. The zero-order valence-electron chi connectivity index (χ0n) is 12.0. The van der Waals surface area contributed by atoms with Crippen LogP contribution in [0.4, 0.5) is 11.4 Å². The van der Waals surface area contributed by atoms with E-state index in [4.69, 9.17) is 5.73 Å². The summed E-state index contributed by atoms with van der Waals surface area (Å²) in [4.78, 5) is 22.4. The van der Waals surface area contributed by atoms with Gasteiger partial charge in [0, 0.05) is 12.6 Å². The Bertz CT molecular complexity index is 729. The minimum atomic E-state index is -3.01. The van der Waals surface area contributed by atoms with Crippen LogP contribution in [0.25, 0.3) is 0 Å². The number of hydrogen-bond donors (Lipinski definition) is 2. The number of benzene rings is 1. The Hall–Kier alpha value is -2.16. The Kier molecular flexibility index (Phi) is 4.36. The van der Waals surface area contributed by atoms with Gasteiger partial charge in [0.2, 0.25) is 0 Å². The minimum Gasteiger partial charge on any atom is -0.393 e. The number of carbonyl (C=O) groups is 1. The maximum atomic E-state index is 12.1. The lowest BCUT2D eigenvalue weighted by Crippen LogP contribution is -2.30. The predicted octanol–water partition coefficient (Wildman–Crippen LogP) is 0.650. The number of aryl methyl sites for hydroxylation is 1. The van der Waals surface area contributed by atoms with E-state index in [9.17, 15) is 23.3 Å². The van der Waals surface area contributed by atoms with E-state index in [-0.39, 0.29) is 40.9 Å². The number of hydrogen-bond acceptors (Lipinski definition) is 6. The van der Waals surface area contributed by atoms with E-state index in [1.54, 1.807) is 6.92 Å². The SMILES string of the molecule is Cc1cc(C(=O)NCC2CCS(=O)(=O)C2)c(N)c([N+](=O)[O-])c1.